The van der Waals surface area contributed by atoms with Gasteiger partial charge < -0.3 is 10.6 Å². The molecule has 0 unspecified atom stereocenters. The van der Waals surface area contributed by atoms with Crippen molar-refractivity contribution < 1.29 is 18.4 Å². The van der Waals surface area contributed by atoms with Gasteiger partial charge in [0.05, 0.1) is 6.20 Å². The maximum absolute atomic E-state index is 12.9. The highest BCUT2D eigenvalue weighted by atomic mass is 19.3. The second-order valence-electron chi connectivity index (χ2n) is 6.99. The van der Waals surface area contributed by atoms with E-state index in [1.54, 1.807) is 47.9 Å². The first-order valence-electron chi connectivity index (χ1n) is 8.85. The van der Waals surface area contributed by atoms with Crippen LogP contribution in [0.25, 0.3) is 5.65 Å². The summed E-state index contributed by atoms with van der Waals surface area (Å²) in [6.07, 6.45) is 2.53. The van der Waals surface area contributed by atoms with Gasteiger partial charge in [-0.3, -0.25) is 14.0 Å². The second kappa shape index (κ2) is 6.70. The van der Waals surface area contributed by atoms with Crippen LogP contribution in [0.1, 0.15) is 39.3 Å². The van der Waals surface area contributed by atoms with Crippen LogP contribution in [0.5, 0.6) is 0 Å². The van der Waals surface area contributed by atoms with E-state index in [4.69, 9.17) is 0 Å². The van der Waals surface area contributed by atoms with Gasteiger partial charge in [-0.05, 0) is 36.8 Å². The summed E-state index contributed by atoms with van der Waals surface area (Å²) in [5.74, 6) is -3.50. The highest BCUT2D eigenvalue weighted by Crippen LogP contribution is 2.37. The van der Waals surface area contributed by atoms with E-state index in [0.29, 0.717) is 22.6 Å². The van der Waals surface area contributed by atoms with Gasteiger partial charge in [-0.15, -0.1) is 0 Å². The Hall–Kier alpha value is -3.29. The van der Waals surface area contributed by atoms with Crippen molar-refractivity contribution in [2.24, 2.45) is 0 Å². The van der Waals surface area contributed by atoms with E-state index in [-0.39, 0.29) is 18.7 Å². The number of fused-ring (bicyclic) bond motifs is 1. The van der Waals surface area contributed by atoms with Crippen LogP contribution in [-0.4, -0.2) is 33.2 Å². The summed E-state index contributed by atoms with van der Waals surface area (Å²) in [5, 5.41) is 5.39. The van der Waals surface area contributed by atoms with Gasteiger partial charge in [0.15, 0.2) is 0 Å². The van der Waals surface area contributed by atoms with Gasteiger partial charge in [0.25, 0.3) is 17.7 Å². The number of rotatable bonds is 4. The van der Waals surface area contributed by atoms with E-state index in [1.807, 2.05) is 6.07 Å². The lowest BCUT2D eigenvalue weighted by molar-refractivity contribution is -0.0901. The van der Waals surface area contributed by atoms with E-state index >= 15 is 0 Å². The van der Waals surface area contributed by atoms with E-state index < -0.39 is 17.9 Å². The third-order valence-corrected chi connectivity index (χ3v) is 4.82. The number of aromatic nitrogens is 2. The summed E-state index contributed by atoms with van der Waals surface area (Å²) >= 11 is 0. The van der Waals surface area contributed by atoms with E-state index in [9.17, 15) is 18.4 Å². The first-order valence-corrected chi connectivity index (χ1v) is 8.85. The minimum Gasteiger partial charge on any atom is -0.349 e. The number of hydrogen-bond acceptors (Lipinski definition) is 3. The maximum Gasteiger partial charge on any atom is 0.274 e. The number of amides is 2. The van der Waals surface area contributed by atoms with Crippen LogP contribution in [0.4, 0.5) is 14.5 Å². The predicted molar refractivity (Wildman–Crippen MR) is 99.8 cm³/mol. The lowest BCUT2D eigenvalue weighted by atomic mass is 9.88. The molecular formula is C20H18F2N4O2. The summed E-state index contributed by atoms with van der Waals surface area (Å²) in [5.41, 5.74) is 2.56. The van der Waals surface area contributed by atoms with Crippen LogP contribution in [0, 0.1) is 6.92 Å². The van der Waals surface area contributed by atoms with Crippen molar-refractivity contribution in [1.29, 1.82) is 0 Å². The molecule has 0 bridgehead atoms. The third-order valence-electron chi connectivity index (χ3n) is 4.82. The molecule has 1 saturated carbocycles. The molecule has 0 spiro atoms. The molecule has 2 aromatic heterocycles. The lowest BCUT2D eigenvalue weighted by Crippen LogP contribution is -2.50. The average Bonchev–Trinajstić information content (AvgIpc) is 3.06. The fourth-order valence-electron chi connectivity index (χ4n) is 3.22. The van der Waals surface area contributed by atoms with Crippen LogP contribution < -0.4 is 10.6 Å². The number of nitrogens with one attached hydrogen (secondary N) is 2. The Morgan fingerprint density at radius 1 is 1.18 bits per heavy atom. The first-order chi connectivity index (χ1) is 13.3. The molecule has 2 amide bonds. The first kappa shape index (κ1) is 18.1. The van der Waals surface area contributed by atoms with Crippen molar-refractivity contribution in [2.75, 3.05) is 5.32 Å². The SMILES string of the molecule is Cc1ccc(C(=O)NC2CC(F)(F)C2)cc1NC(=O)c1cnc2ccccn12. The largest absolute Gasteiger partial charge is 0.349 e. The highest BCUT2D eigenvalue weighted by molar-refractivity contribution is 6.05. The van der Waals surface area contributed by atoms with Crippen LogP contribution in [0.3, 0.4) is 0 Å². The van der Waals surface area contributed by atoms with Crippen LogP contribution in [-0.2, 0) is 0 Å². The molecule has 4 rings (SSSR count). The molecule has 0 radical (unpaired) electrons. The standard InChI is InChI=1S/C20H18F2N4O2/c1-12-5-6-13(18(27)24-14-9-20(21,22)10-14)8-15(12)25-19(28)16-11-23-17-4-2-3-7-26(16)17/h2-8,11,14H,9-10H2,1H3,(H,24,27)(H,25,28). The van der Waals surface area contributed by atoms with E-state index in [1.165, 1.54) is 6.20 Å². The molecule has 2 heterocycles. The number of aryl methyl sites for hydroxylation is 1. The summed E-state index contributed by atoms with van der Waals surface area (Å²) in [7, 11) is 0. The van der Waals surface area contributed by atoms with Crippen LogP contribution >= 0.6 is 0 Å². The van der Waals surface area contributed by atoms with Gasteiger partial charge in [-0.25, -0.2) is 13.8 Å². The van der Waals surface area contributed by atoms with Gasteiger partial charge in [-0.2, -0.15) is 0 Å². The average molecular weight is 384 g/mol. The Morgan fingerprint density at radius 3 is 2.71 bits per heavy atom. The minimum absolute atomic E-state index is 0.300. The summed E-state index contributed by atoms with van der Waals surface area (Å²) < 4.78 is 27.5. The Bertz CT molecular complexity index is 1070. The molecule has 6 nitrogen and oxygen atoms in total. The Morgan fingerprint density at radius 2 is 1.96 bits per heavy atom. The summed E-state index contributed by atoms with van der Waals surface area (Å²) in [6.45, 7) is 1.80. The zero-order chi connectivity index (χ0) is 19.9. The molecule has 0 saturated heterocycles. The molecule has 144 valence electrons. The van der Waals surface area contributed by atoms with Crippen molar-refractivity contribution in [2.45, 2.75) is 31.7 Å². The molecule has 3 aromatic rings. The highest BCUT2D eigenvalue weighted by Gasteiger charge is 2.45. The topological polar surface area (TPSA) is 75.5 Å². The Balaban J connectivity index is 1.51. The molecule has 1 fully saturated rings. The van der Waals surface area contributed by atoms with Gasteiger partial charge in [0, 0.05) is 36.3 Å². The zero-order valence-electron chi connectivity index (χ0n) is 15.1. The normalized spacial score (nSPS) is 15.8. The Labute approximate surface area is 159 Å². The summed E-state index contributed by atoms with van der Waals surface area (Å²) in [6, 6.07) is 9.74. The minimum atomic E-state index is -2.70. The number of pyridine rings is 1. The third kappa shape index (κ3) is 3.45. The van der Waals surface area contributed by atoms with E-state index in [0.717, 1.165) is 5.56 Å². The lowest BCUT2D eigenvalue weighted by Gasteiger charge is -2.35. The van der Waals surface area contributed by atoms with E-state index in [2.05, 4.69) is 15.6 Å². The molecule has 0 atom stereocenters. The number of benzene rings is 1. The fraction of sp³-hybridized carbons (Fsp3) is 0.250. The number of carbonyl (C=O) groups is 2. The maximum atomic E-state index is 12.9. The van der Waals surface area contributed by atoms with Gasteiger partial charge >= 0.3 is 0 Å². The predicted octanol–water partition coefficient (Wildman–Crippen LogP) is 3.42. The molecule has 2 N–H and O–H groups in total. The van der Waals surface area contributed by atoms with Gasteiger partial charge in [-0.1, -0.05) is 12.1 Å². The Kier molecular flexibility index (Phi) is 4.33. The summed E-state index contributed by atoms with van der Waals surface area (Å²) in [4.78, 5) is 29.2. The monoisotopic (exact) mass is 384 g/mol. The van der Waals surface area contributed by atoms with Crippen molar-refractivity contribution >= 4 is 23.1 Å². The number of carbonyl (C=O) groups excluding carboxylic acids is 2. The zero-order valence-corrected chi connectivity index (χ0v) is 15.1. The van der Waals surface area contributed by atoms with Crippen molar-refractivity contribution in [3.05, 3.63) is 65.6 Å². The number of nitrogens with zero attached hydrogens (tertiary/aromatic N) is 2. The molecule has 28 heavy (non-hydrogen) atoms. The molecule has 1 aliphatic rings. The van der Waals surface area contributed by atoms with Gasteiger partial charge in [0.2, 0.25) is 0 Å². The van der Waals surface area contributed by atoms with Crippen LogP contribution in [0.2, 0.25) is 0 Å². The van der Waals surface area contributed by atoms with Crippen molar-refractivity contribution in [3.8, 4) is 0 Å². The van der Waals surface area contributed by atoms with Crippen molar-refractivity contribution in [3.63, 3.8) is 0 Å². The smallest absolute Gasteiger partial charge is 0.274 e. The quantitative estimate of drug-likeness (QED) is 0.724. The molecule has 0 aliphatic heterocycles. The number of hydrogen-bond donors (Lipinski definition) is 2. The van der Waals surface area contributed by atoms with Gasteiger partial charge in [0.1, 0.15) is 11.3 Å². The molecular weight excluding hydrogens is 366 g/mol. The number of alkyl halides is 2. The number of imidazole rings is 1. The fourth-order valence-corrected chi connectivity index (χ4v) is 3.22. The van der Waals surface area contributed by atoms with Crippen LogP contribution in [0.15, 0.2) is 48.8 Å². The number of halogens is 2. The number of anilines is 1. The second-order valence-corrected chi connectivity index (χ2v) is 6.99. The molecule has 1 aliphatic carbocycles. The van der Waals surface area contributed by atoms with Crippen molar-refractivity contribution in [1.82, 2.24) is 14.7 Å². The molecule has 8 heteroatoms. The molecule has 1 aromatic carbocycles.